The maximum Gasteiger partial charge on any atom is 0.192 e. The number of unbranched alkanes of at least 4 members (excludes halogenated alkanes) is 1. The van der Waals surface area contributed by atoms with Gasteiger partial charge in [0.25, 0.3) is 0 Å². The van der Waals surface area contributed by atoms with Crippen molar-refractivity contribution in [3.05, 3.63) is 11.6 Å². The summed E-state index contributed by atoms with van der Waals surface area (Å²) in [5.74, 6) is 9.94. The number of allylic oxidation sites excluding steroid dienone is 2. The highest BCUT2D eigenvalue weighted by molar-refractivity contribution is 6.74. The first-order chi connectivity index (χ1) is 17.6. The molecule has 38 heavy (non-hydrogen) atoms. The molecule has 3 rings (SSSR count). The van der Waals surface area contributed by atoms with E-state index in [-0.39, 0.29) is 22.8 Å². The Bertz CT molecular complexity index is 867. The topological polar surface area (TPSA) is 38.7 Å². The summed E-state index contributed by atoms with van der Waals surface area (Å²) >= 11 is 0. The van der Waals surface area contributed by atoms with Gasteiger partial charge >= 0.3 is 0 Å². The highest BCUT2D eigenvalue weighted by Gasteiger charge is 2.49. The second kappa shape index (κ2) is 12.6. The molecule has 2 unspecified atom stereocenters. The molecule has 0 radical (unpaired) electrons. The molecule has 3 nitrogen and oxygen atoms in total. The van der Waals surface area contributed by atoms with Crippen LogP contribution in [-0.4, -0.2) is 40.6 Å². The maximum absolute atomic E-state index is 9.20. The van der Waals surface area contributed by atoms with Crippen molar-refractivity contribution < 1.29 is 14.0 Å². The smallest absolute Gasteiger partial charge is 0.192 e. The minimum atomic E-state index is -1.85. The number of hydrogen-bond acceptors (Lipinski definition) is 3. The highest BCUT2D eigenvalue weighted by atomic mass is 28.4. The monoisotopic (exact) mass is 560 g/mol. The van der Waals surface area contributed by atoms with E-state index in [0.29, 0.717) is 29.8 Å². The molecule has 6 atom stereocenters. The average Bonchev–Trinajstić information content (AvgIpc) is 2.76. The zero-order valence-electron chi connectivity index (χ0n) is 26.6. The van der Waals surface area contributed by atoms with Gasteiger partial charge in [0.15, 0.2) is 16.6 Å². The van der Waals surface area contributed by atoms with Crippen molar-refractivity contribution in [3.63, 3.8) is 0 Å². The second-order valence-electron chi connectivity index (χ2n) is 15.7. The third kappa shape index (κ3) is 7.87. The minimum Gasteiger partial charge on any atom is -0.414 e. The molecular formula is C33H60O3Si2. The third-order valence-electron chi connectivity index (χ3n) is 10.8. The van der Waals surface area contributed by atoms with Crippen LogP contribution >= 0.6 is 0 Å². The molecule has 5 heteroatoms. The normalized spacial score (nSPS) is 31.8. The predicted molar refractivity (Wildman–Crippen MR) is 167 cm³/mol. The van der Waals surface area contributed by atoms with Crippen LogP contribution in [0.1, 0.15) is 106 Å². The molecule has 0 aromatic rings. The lowest BCUT2D eigenvalue weighted by Gasteiger charge is -2.52. The molecule has 0 aliphatic heterocycles. The van der Waals surface area contributed by atoms with Crippen LogP contribution in [0.5, 0.6) is 0 Å². The van der Waals surface area contributed by atoms with Gasteiger partial charge in [0.1, 0.15) is 0 Å². The Hall–Kier alpha value is -0.386. The minimum absolute atomic E-state index is 0.220. The van der Waals surface area contributed by atoms with Crippen LogP contribution in [-0.2, 0) is 8.85 Å². The number of rotatable bonds is 8. The molecule has 0 amide bonds. The summed E-state index contributed by atoms with van der Waals surface area (Å²) in [6.07, 6.45) is 14.5. The van der Waals surface area contributed by atoms with E-state index in [4.69, 9.17) is 8.85 Å². The van der Waals surface area contributed by atoms with Crippen LogP contribution in [0.4, 0.5) is 0 Å². The largest absolute Gasteiger partial charge is 0.414 e. The molecule has 0 spiro atoms. The van der Waals surface area contributed by atoms with Crippen molar-refractivity contribution in [1.29, 1.82) is 0 Å². The van der Waals surface area contributed by atoms with Gasteiger partial charge in [0.2, 0.25) is 0 Å². The number of aliphatic hydroxyl groups excluding tert-OH is 1. The molecular weight excluding hydrogens is 501 g/mol. The second-order valence-corrected chi connectivity index (χ2v) is 25.2. The SMILES string of the molecule is CC(C)(C)[Si](C)(C)OC1CCCC(CC#C[C@@H]2[C@H]3C/C(=C/CCCO)[C@H]3CC[C@H]2O[Si](C)(C)C(C)(C)C)C1. The van der Waals surface area contributed by atoms with Crippen LogP contribution in [0.3, 0.4) is 0 Å². The van der Waals surface area contributed by atoms with E-state index >= 15 is 0 Å². The molecule has 3 fully saturated rings. The summed E-state index contributed by atoms with van der Waals surface area (Å²) in [5, 5.41) is 9.69. The van der Waals surface area contributed by atoms with Crippen molar-refractivity contribution in [2.24, 2.45) is 23.7 Å². The first-order valence-electron chi connectivity index (χ1n) is 15.7. The fraction of sp³-hybridized carbons (Fsp3) is 0.879. The fourth-order valence-corrected chi connectivity index (χ4v) is 8.98. The van der Waals surface area contributed by atoms with E-state index in [1.54, 1.807) is 5.57 Å². The van der Waals surface area contributed by atoms with Crippen LogP contribution in [0.25, 0.3) is 0 Å². The Morgan fingerprint density at radius 3 is 2.21 bits per heavy atom. The zero-order chi connectivity index (χ0) is 28.4. The highest BCUT2D eigenvalue weighted by Crippen LogP contribution is 2.53. The summed E-state index contributed by atoms with van der Waals surface area (Å²) in [6, 6.07) is 0. The molecule has 0 saturated heterocycles. The Kier molecular flexibility index (Phi) is 10.7. The molecule has 1 N–H and O–H groups in total. The third-order valence-corrected chi connectivity index (χ3v) is 19.8. The van der Waals surface area contributed by atoms with E-state index < -0.39 is 16.6 Å². The predicted octanol–water partition coefficient (Wildman–Crippen LogP) is 9.10. The molecule has 0 heterocycles. The molecule has 218 valence electrons. The van der Waals surface area contributed by atoms with E-state index in [2.05, 4.69) is 85.6 Å². The molecule has 0 aromatic carbocycles. The molecule has 3 aliphatic rings. The Balaban J connectivity index is 1.69. The van der Waals surface area contributed by atoms with Gasteiger partial charge in [-0.1, -0.05) is 65.5 Å². The van der Waals surface area contributed by atoms with Crippen LogP contribution in [0, 0.1) is 35.5 Å². The number of fused-ring (bicyclic) bond motifs is 1. The standard InChI is InChI=1S/C33H60O3Si2/c1-32(2,3)37(7,8)35-27-18-13-15-25(23-27)16-14-19-29-30-24-26(17-11-12-22-34)28(30)20-21-31(29)36-38(9,10)33(4,5)6/h17,25,27-31,34H,11-13,15-16,18,20-24H2,1-10H3/b26-17-/t25?,27?,28-,29-,30+,31-/m1/s1. The van der Waals surface area contributed by atoms with Gasteiger partial charge in [-0.3, -0.25) is 0 Å². The van der Waals surface area contributed by atoms with Gasteiger partial charge in [0.05, 0.1) is 6.10 Å². The number of aliphatic hydroxyl groups is 1. The molecule has 3 saturated carbocycles. The molecule has 3 aliphatic carbocycles. The van der Waals surface area contributed by atoms with Gasteiger partial charge in [0, 0.05) is 25.0 Å². The van der Waals surface area contributed by atoms with Crippen LogP contribution < -0.4 is 0 Å². The first-order valence-corrected chi connectivity index (χ1v) is 21.5. The van der Waals surface area contributed by atoms with E-state index in [0.717, 1.165) is 25.7 Å². The lowest BCUT2D eigenvalue weighted by molar-refractivity contribution is 0.0212. The van der Waals surface area contributed by atoms with Crippen molar-refractivity contribution in [1.82, 2.24) is 0 Å². The van der Waals surface area contributed by atoms with E-state index in [1.807, 2.05) is 0 Å². The number of hydrogen-bond donors (Lipinski definition) is 1. The quantitative estimate of drug-likeness (QED) is 0.139. The summed E-state index contributed by atoms with van der Waals surface area (Å²) in [7, 11) is -3.57. The summed E-state index contributed by atoms with van der Waals surface area (Å²) in [4.78, 5) is 0. The summed E-state index contributed by atoms with van der Waals surface area (Å²) in [6.45, 7) is 24.0. The van der Waals surface area contributed by atoms with Gasteiger partial charge in [-0.2, -0.15) is 0 Å². The van der Waals surface area contributed by atoms with E-state index in [1.165, 1.54) is 38.5 Å². The van der Waals surface area contributed by atoms with Crippen LogP contribution in [0.15, 0.2) is 11.6 Å². The van der Waals surface area contributed by atoms with Gasteiger partial charge in [-0.05, 0) is 105 Å². The first kappa shape index (κ1) is 32.1. The van der Waals surface area contributed by atoms with Crippen molar-refractivity contribution >= 4 is 16.6 Å². The lowest BCUT2D eigenvalue weighted by atomic mass is 9.57. The van der Waals surface area contributed by atoms with Gasteiger partial charge in [-0.15, -0.1) is 5.92 Å². The lowest BCUT2D eigenvalue weighted by Crippen LogP contribution is -2.51. The van der Waals surface area contributed by atoms with Crippen molar-refractivity contribution in [2.75, 3.05) is 6.61 Å². The Labute approximate surface area is 238 Å². The zero-order valence-corrected chi connectivity index (χ0v) is 28.6. The summed E-state index contributed by atoms with van der Waals surface area (Å²) < 4.78 is 13.9. The molecule has 0 aromatic heterocycles. The van der Waals surface area contributed by atoms with Crippen LogP contribution in [0.2, 0.25) is 36.3 Å². The van der Waals surface area contributed by atoms with Gasteiger partial charge in [-0.25, -0.2) is 0 Å². The molecule has 0 bridgehead atoms. The maximum atomic E-state index is 9.20. The Morgan fingerprint density at radius 1 is 0.921 bits per heavy atom. The van der Waals surface area contributed by atoms with E-state index in [9.17, 15) is 5.11 Å². The van der Waals surface area contributed by atoms with Gasteiger partial charge < -0.3 is 14.0 Å². The fourth-order valence-electron chi connectivity index (χ4n) is 6.21. The van der Waals surface area contributed by atoms with Crippen molar-refractivity contribution in [2.45, 2.75) is 154 Å². The Morgan fingerprint density at radius 2 is 1.58 bits per heavy atom. The average molecular weight is 561 g/mol. The summed E-state index contributed by atoms with van der Waals surface area (Å²) in [5.41, 5.74) is 1.62. The van der Waals surface area contributed by atoms with Crippen molar-refractivity contribution in [3.8, 4) is 11.8 Å².